The summed E-state index contributed by atoms with van der Waals surface area (Å²) in [5, 5.41) is 11.8. The van der Waals surface area contributed by atoms with E-state index in [1.165, 1.54) is 12.2 Å². The van der Waals surface area contributed by atoms with Crippen LogP contribution in [-0.2, 0) is 4.79 Å². The monoisotopic (exact) mass is 284 g/mol. The fourth-order valence-electron chi connectivity index (χ4n) is 1.98. The fourth-order valence-corrected chi connectivity index (χ4v) is 1.98. The SMILES string of the molecule is Cc1[nH]c(C(=O)O)c(/C=C/C(=O)Nc2ccccc2)c1C. The smallest absolute Gasteiger partial charge is 0.352 e. The molecule has 2 rings (SSSR count). The first-order chi connectivity index (χ1) is 9.99. The third-order valence-electron chi connectivity index (χ3n) is 3.20. The quantitative estimate of drug-likeness (QED) is 0.755. The van der Waals surface area contributed by atoms with Crippen molar-refractivity contribution in [1.29, 1.82) is 0 Å². The Balaban J connectivity index is 2.18. The van der Waals surface area contributed by atoms with E-state index in [1.807, 2.05) is 25.1 Å². The maximum atomic E-state index is 11.8. The van der Waals surface area contributed by atoms with Gasteiger partial charge in [-0.05, 0) is 37.6 Å². The summed E-state index contributed by atoms with van der Waals surface area (Å²) in [4.78, 5) is 25.8. The van der Waals surface area contributed by atoms with E-state index in [9.17, 15) is 9.59 Å². The maximum absolute atomic E-state index is 11.8. The van der Waals surface area contributed by atoms with Gasteiger partial charge in [-0.25, -0.2) is 4.79 Å². The van der Waals surface area contributed by atoms with Crippen LogP contribution in [0.4, 0.5) is 5.69 Å². The van der Waals surface area contributed by atoms with Crippen molar-refractivity contribution in [2.75, 3.05) is 5.32 Å². The number of nitrogens with one attached hydrogen (secondary N) is 2. The van der Waals surface area contributed by atoms with E-state index in [2.05, 4.69) is 10.3 Å². The number of hydrogen-bond donors (Lipinski definition) is 3. The van der Waals surface area contributed by atoms with Crippen LogP contribution < -0.4 is 5.32 Å². The largest absolute Gasteiger partial charge is 0.477 e. The minimum Gasteiger partial charge on any atom is -0.477 e. The molecule has 1 aromatic heterocycles. The van der Waals surface area contributed by atoms with Gasteiger partial charge in [-0.2, -0.15) is 0 Å². The van der Waals surface area contributed by atoms with E-state index < -0.39 is 5.97 Å². The molecule has 0 atom stereocenters. The van der Waals surface area contributed by atoms with Crippen molar-refractivity contribution >= 4 is 23.6 Å². The number of aromatic amines is 1. The number of H-pyrrole nitrogens is 1. The second-order valence-corrected chi connectivity index (χ2v) is 4.66. The first kappa shape index (κ1) is 14.6. The Hall–Kier alpha value is -2.82. The topological polar surface area (TPSA) is 82.2 Å². The molecule has 21 heavy (non-hydrogen) atoms. The minimum atomic E-state index is -1.05. The predicted octanol–water partition coefficient (Wildman–Crippen LogP) is 2.98. The average Bonchev–Trinajstić information content (AvgIpc) is 2.74. The molecule has 5 heteroatoms. The summed E-state index contributed by atoms with van der Waals surface area (Å²) in [7, 11) is 0. The van der Waals surface area contributed by atoms with Crippen LogP contribution in [-0.4, -0.2) is 22.0 Å². The maximum Gasteiger partial charge on any atom is 0.352 e. The zero-order valence-electron chi connectivity index (χ0n) is 11.8. The average molecular weight is 284 g/mol. The van der Waals surface area contributed by atoms with Gasteiger partial charge in [0.1, 0.15) is 5.69 Å². The van der Waals surface area contributed by atoms with E-state index >= 15 is 0 Å². The standard InChI is InChI=1S/C16H16N2O3/c1-10-11(2)17-15(16(20)21)13(10)8-9-14(19)18-12-6-4-3-5-7-12/h3-9,17H,1-2H3,(H,18,19)(H,20,21)/b9-8+. The fraction of sp³-hybridized carbons (Fsp3) is 0.125. The van der Waals surface area contributed by atoms with Gasteiger partial charge in [0.15, 0.2) is 0 Å². The Labute approximate surface area is 122 Å². The molecule has 108 valence electrons. The summed E-state index contributed by atoms with van der Waals surface area (Å²) < 4.78 is 0. The third kappa shape index (κ3) is 3.39. The Morgan fingerprint density at radius 3 is 2.48 bits per heavy atom. The number of carboxylic acid groups (broad SMARTS) is 1. The molecule has 0 unspecified atom stereocenters. The summed E-state index contributed by atoms with van der Waals surface area (Å²) in [6.07, 6.45) is 2.84. The molecule has 0 saturated heterocycles. The highest BCUT2D eigenvalue weighted by Crippen LogP contribution is 2.19. The summed E-state index contributed by atoms with van der Waals surface area (Å²) >= 11 is 0. The molecular weight excluding hydrogens is 268 g/mol. The molecule has 1 heterocycles. The minimum absolute atomic E-state index is 0.0914. The van der Waals surface area contributed by atoms with Crippen molar-refractivity contribution in [3.05, 3.63) is 58.9 Å². The Morgan fingerprint density at radius 2 is 1.86 bits per heavy atom. The van der Waals surface area contributed by atoms with Crippen molar-refractivity contribution in [3.8, 4) is 0 Å². The summed E-state index contributed by atoms with van der Waals surface area (Å²) in [6, 6.07) is 9.06. The Kier molecular flexibility index (Phi) is 4.23. The van der Waals surface area contributed by atoms with Crippen molar-refractivity contribution in [2.24, 2.45) is 0 Å². The number of benzene rings is 1. The zero-order chi connectivity index (χ0) is 15.4. The van der Waals surface area contributed by atoms with Gasteiger partial charge >= 0.3 is 5.97 Å². The van der Waals surface area contributed by atoms with Crippen molar-refractivity contribution in [2.45, 2.75) is 13.8 Å². The van der Waals surface area contributed by atoms with E-state index in [-0.39, 0.29) is 11.6 Å². The molecule has 0 aliphatic heterocycles. The lowest BCUT2D eigenvalue weighted by Gasteiger charge is -2.01. The van der Waals surface area contributed by atoms with Crippen molar-refractivity contribution < 1.29 is 14.7 Å². The van der Waals surface area contributed by atoms with Crippen LogP contribution in [0.1, 0.15) is 27.3 Å². The lowest BCUT2D eigenvalue weighted by atomic mass is 10.1. The normalized spacial score (nSPS) is 10.8. The number of carbonyl (C=O) groups excluding carboxylic acids is 1. The molecule has 1 aromatic carbocycles. The van der Waals surface area contributed by atoms with E-state index in [0.29, 0.717) is 11.3 Å². The molecule has 0 radical (unpaired) electrons. The number of hydrogen-bond acceptors (Lipinski definition) is 2. The molecule has 2 aromatic rings. The summed E-state index contributed by atoms with van der Waals surface area (Å²) in [5.74, 6) is -1.36. The summed E-state index contributed by atoms with van der Waals surface area (Å²) in [6.45, 7) is 3.61. The lowest BCUT2D eigenvalue weighted by Crippen LogP contribution is -2.07. The molecule has 1 amide bonds. The zero-order valence-corrected chi connectivity index (χ0v) is 11.8. The molecule has 0 aliphatic carbocycles. The number of amides is 1. The van der Waals surface area contributed by atoms with Gasteiger partial charge in [-0.15, -0.1) is 0 Å². The number of para-hydroxylation sites is 1. The van der Waals surface area contributed by atoms with Crippen LogP contribution in [0.25, 0.3) is 6.08 Å². The number of aryl methyl sites for hydroxylation is 1. The van der Waals surface area contributed by atoms with Gasteiger partial charge in [-0.3, -0.25) is 4.79 Å². The highest BCUT2D eigenvalue weighted by molar-refractivity contribution is 6.03. The van der Waals surface area contributed by atoms with Crippen LogP contribution in [0.2, 0.25) is 0 Å². The van der Waals surface area contributed by atoms with Gasteiger partial charge in [0.25, 0.3) is 0 Å². The number of carboxylic acids is 1. The van der Waals surface area contributed by atoms with Crippen LogP contribution in [0.15, 0.2) is 36.4 Å². The highest BCUT2D eigenvalue weighted by atomic mass is 16.4. The Morgan fingerprint density at radius 1 is 1.19 bits per heavy atom. The number of anilines is 1. The first-order valence-electron chi connectivity index (χ1n) is 6.45. The van der Waals surface area contributed by atoms with Gasteiger partial charge in [-0.1, -0.05) is 18.2 Å². The number of aromatic carboxylic acids is 1. The van der Waals surface area contributed by atoms with Gasteiger partial charge in [0, 0.05) is 23.0 Å². The molecule has 0 saturated carbocycles. The second kappa shape index (κ2) is 6.09. The van der Waals surface area contributed by atoms with Crippen LogP contribution in [0.3, 0.4) is 0 Å². The number of aromatic nitrogens is 1. The molecular formula is C16H16N2O3. The van der Waals surface area contributed by atoms with Crippen LogP contribution in [0.5, 0.6) is 0 Å². The van der Waals surface area contributed by atoms with Crippen LogP contribution in [0, 0.1) is 13.8 Å². The third-order valence-corrected chi connectivity index (χ3v) is 3.20. The van der Waals surface area contributed by atoms with Gasteiger partial charge < -0.3 is 15.4 Å². The van der Waals surface area contributed by atoms with Gasteiger partial charge in [0.2, 0.25) is 5.91 Å². The molecule has 5 nitrogen and oxygen atoms in total. The molecule has 3 N–H and O–H groups in total. The Bertz CT molecular complexity index is 700. The predicted molar refractivity (Wildman–Crippen MR) is 81.3 cm³/mol. The number of carbonyl (C=O) groups is 2. The van der Waals surface area contributed by atoms with E-state index in [0.717, 1.165) is 11.3 Å². The first-order valence-corrected chi connectivity index (χ1v) is 6.45. The number of rotatable bonds is 4. The molecule has 0 spiro atoms. The molecule has 0 fully saturated rings. The van der Waals surface area contributed by atoms with Crippen molar-refractivity contribution in [1.82, 2.24) is 4.98 Å². The van der Waals surface area contributed by atoms with Crippen molar-refractivity contribution in [3.63, 3.8) is 0 Å². The van der Waals surface area contributed by atoms with E-state index in [4.69, 9.17) is 5.11 Å². The van der Waals surface area contributed by atoms with Crippen LogP contribution >= 0.6 is 0 Å². The highest BCUT2D eigenvalue weighted by Gasteiger charge is 2.15. The molecule has 0 bridgehead atoms. The van der Waals surface area contributed by atoms with E-state index in [1.54, 1.807) is 19.1 Å². The molecule has 0 aliphatic rings. The summed E-state index contributed by atoms with van der Waals surface area (Å²) in [5.41, 5.74) is 2.89. The second-order valence-electron chi connectivity index (χ2n) is 4.66. The van der Waals surface area contributed by atoms with Gasteiger partial charge in [0.05, 0.1) is 0 Å². The lowest BCUT2D eigenvalue weighted by molar-refractivity contribution is -0.111.